The van der Waals surface area contributed by atoms with Gasteiger partial charge in [-0.1, -0.05) is 25.1 Å². The van der Waals surface area contributed by atoms with Crippen molar-refractivity contribution in [2.45, 2.75) is 26.8 Å². The predicted octanol–water partition coefficient (Wildman–Crippen LogP) is 4.89. The van der Waals surface area contributed by atoms with Gasteiger partial charge in [0.1, 0.15) is 11.5 Å². The first kappa shape index (κ1) is 24.0. The average molecular weight is 455 g/mol. The molecule has 1 N–H and O–H groups in total. The molecule has 0 aliphatic rings. The molecule has 3 rings (SSSR count). The Hall–Kier alpha value is -3.68. The van der Waals surface area contributed by atoms with Gasteiger partial charge < -0.3 is 28.8 Å². The van der Waals surface area contributed by atoms with Crippen molar-refractivity contribution in [1.82, 2.24) is 10.5 Å². The van der Waals surface area contributed by atoms with Crippen molar-refractivity contribution < 1.29 is 28.3 Å². The molecule has 0 aliphatic carbocycles. The van der Waals surface area contributed by atoms with Crippen LogP contribution in [0.5, 0.6) is 23.0 Å². The number of hydrogen-bond acceptors (Lipinski definition) is 7. The van der Waals surface area contributed by atoms with E-state index in [-0.39, 0.29) is 17.6 Å². The van der Waals surface area contributed by atoms with Gasteiger partial charge in [0, 0.05) is 6.07 Å². The Kier molecular flexibility index (Phi) is 7.82. The summed E-state index contributed by atoms with van der Waals surface area (Å²) < 4.78 is 27.3. The molecule has 1 amide bonds. The van der Waals surface area contributed by atoms with E-state index < -0.39 is 0 Å². The van der Waals surface area contributed by atoms with Crippen LogP contribution >= 0.6 is 0 Å². The van der Waals surface area contributed by atoms with Crippen molar-refractivity contribution in [3.05, 3.63) is 53.7 Å². The monoisotopic (exact) mass is 454 g/mol. The van der Waals surface area contributed by atoms with Crippen molar-refractivity contribution in [3.63, 3.8) is 0 Å². The van der Waals surface area contributed by atoms with Crippen LogP contribution in [-0.2, 0) is 0 Å². The number of nitrogens with zero attached hydrogens (tertiary/aromatic N) is 1. The minimum Gasteiger partial charge on any atom is -0.497 e. The van der Waals surface area contributed by atoms with Crippen LogP contribution in [0, 0.1) is 5.92 Å². The molecule has 0 bridgehead atoms. The summed E-state index contributed by atoms with van der Waals surface area (Å²) in [7, 11) is 4.73. The van der Waals surface area contributed by atoms with Crippen LogP contribution in [0.2, 0.25) is 0 Å². The van der Waals surface area contributed by atoms with Crippen LogP contribution in [0.25, 0.3) is 11.3 Å². The Balaban J connectivity index is 1.74. The SMILES string of the molecule is COc1ccc(OC)c(-c2cc(C(=O)NC(C)c3ccc(OCC(C)C)c(OC)c3)no2)c1. The van der Waals surface area contributed by atoms with Crippen LogP contribution in [0.4, 0.5) is 0 Å². The highest BCUT2D eigenvalue weighted by molar-refractivity contribution is 5.93. The maximum Gasteiger partial charge on any atom is 0.273 e. The molecule has 1 heterocycles. The van der Waals surface area contributed by atoms with Crippen LogP contribution in [0.15, 0.2) is 47.0 Å². The number of carbonyl (C=O) groups excluding carboxylic acids is 1. The van der Waals surface area contributed by atoms with E-state index in [0.717, 1.165) is 5.56 Å². The predicted molar refractivity (Wildman–Crippen MR) is 124 cm³/mol. The van der Waals surface area contributed by atoms with Gasteiger partial charge in [-0.15, -0.1) is 0 Å². The minimum absolute atomic E-state index is 0.158. The van der Waals surface area contributed by atoms with Crippen LogP contribution < -0.4 is 24.3 Å². The van der Waals surface area contributed by atoms with Gasteiger partial charge in [0.2, 0.25) is 0 Å². The average Bonchev–Trinajstić information content (AvgIpc) is 3.32. The molecule has 0 radical (unpaired) electrons. The number of benzene rings is 2. The Morgan fingerprint density at radius 2 is 1.67 bits per heavy atom. The third-order valence-corrected chi connectivity index (χ3v) is 5.02. The summed E-state index contributed by atoms with van der Waals surface area (Å²) in [4.78, 5) is 12.8. The smallest absolute Gasteiger partial charge is 0.273 e. The normalized spacial score (nSPS) is 11.7. The number of carbonyl (C=O) groups is 1. The first-order valence-electron chi connectivity index (χ1n) is 10.7. The number of nitrogens with one attached hydrogen (secondary N) is 1. The largest absolute Gasteiger partial charge is 0.497 e. The highest BCUT2D eigenvalue weighted by atomic mass is 16.5. The molecule has 8 heteroatoms. The zero-order chi connectivity index (χ0) is 24.0. The van der Waals surface area contributed by atoms with Crippen molar-refractivity contribution in [2.75, 3.05) is 27.9 Å². The van der Waals surface area contributed by atoms with Gasteiger partial charge in [0.25, 0.3) is 5.91 Å². The molecule has 176 valence electrons. The minimum atomic E-state index is -0.363. The molecule has 33 heavy (non-hydrogen) atoms. The Morgan fingerprint density at radius 3 is 2.33 bits per heavy atom. The molecule has 0 saturated carbocycles. The second-order valence-electron chi connectivity index (χ2n) is 7.95. The zero-order valence-corrected chi connectivity index (χ0v) is 19.8. The second kappa shape index (κ2) is 10.8. The first-order chi connectivity index (χ1) is 15.9. The number of amides is 1. The fourth-order valence-corrected chi connectivity index (χ4v) is 3.20. The summed E-state index contributed by atoms with van der Waals surface area (Å²) in [6.07, 6.45) is 0. The van der Waals surface area contributed by atoms with E-state index in [1.807, 2.05) is 25.1 Å². The quantitative estimate of drug-likeness (QED) is 0.466. The van der Waals surface area contributed by atoms with Gasteiger partial charge in [-0.3, -0.25) is 4.79 Å². The van der Waals surface area contributed by atoms with Gasteiger partial charge in [-0.2, -0.15) is 0 Å². The number of hydrogen-bond donors (Lipinski definition) is 1. The van der Waals surface area contributed by atoms with Gasteiger partial charge in [0.05, 0.1) is 39.5 Å². The van der Waals surface area contributed by atoms with Gasteiger partial charge >= 0.3 is 0 Å². The molecule has 0 fully saturated rings. The summed E-state index contributed by atoms with van der Waals surface area (Å²) in [5.74, 6) is 2.94. The highest BCUT2D eigenvalue weighted by Gasteiger charge is 2.20. The lowest BCUT2D eigenvalue weighted by Gasteiger charge is -2.17. The maximum atomic E-state index is 12.8. The molecule has 8 nitrogen and oxygen atoms in total. The van der Waals surface area contributed by atoms with E-state index in [0.29, 0.717) is 46.8 Å². The molecule has 1 aromatic heterocycles. The number of methoxy groups -OCH3 is 3. The van der Waals surface area contributed by atoms with Crippen molar-refractivity contribution in [1.29, 1.82) is 0 Å². The van der Waals surface area contributed by atoms with Gasteiger partial charge in [-0.05, 0) is 48.7 Å². The topological polar surface area (TPSA) is 92.1 Å². The van der Waals surface area contributed by atoms with E-state index in [1.165, 1.54) is 0 Å². The molecule has 2 aromatic carbocycles. The van der Waals surface area contributed by atoms with Crippen LogP contribution in [0.3, 0.4) is 0 Å². The summed E-state index contributed by atoms with van der Waals surface area (Å²) in [5, 5.41) is 6.87. The summed E-state index contributed by atoms with van der Waals surface area (Å²) in [5.41, 5.74) is 1.67. The third kappa shape index (κ3) is 5.77. The Labute approximate surface area is 193 Å². The Morgan fingerprint density at radius 1 is 0.939 bits per heavy atom. The number of aromatic nitrogens is 1. The molecule has 1 unspecified atom stereocenters. The highest BCUT2D eigenvalue weighted by Crippen LogP contribution is 2.34. The van der Waals surface area contributed by atoms with Gasteiger partial charge in [0.15, 0.2) is 23.0 Å². The molecule has 0 spiro atoms. The fraction of sp³-hybridized carbons (Fsp3) is 0.360. The lowest BCUT2D eigenvalue weighted by atomic mass is 10.1. The van der Waals surface area contributed by atoms with E-state index in [4.69, 9.17) is 23.5 Å². The number of rotatable bonds is 10. The fourth-order valence-electron chi connectivity index (χ4n) is 3.20. The van der Waals surface area contributed by atoms with E-state index >= 15 is 0 Å². The van der Waals surface area contributed by atoms with Crippen molar-refractivity contribution in [3.8, 4) is 34.3 Å². The lowest BCUT2D eigenvalue weighted by Crippen LogP contribution is -2.26. The standard InChI is InChI=1S/C25H30N2O6/c1-15(2)14-32-22-9-7-17(11-24(22)31-6)16(3)26-25(28)20-13-23(33-27-20)19-12-18(29-4)8-10-21(19)30-5/h7-13,15-16H,14H2,1-6H3,(H,26,28). The number of ether oxygens (including phenoxy) is 4. The molecule has 0 aliphatic heterocycles. The van der Waals surface area contributed by atoms with Gasteiger partial charge in [-0.25, -0.2) is 0 Å². The van der Waals surface area contributed by atoms with Crippen LogP contribution in [-0.4, -0.2) is 39.0 Å². The summed E-state index contributed by atoms with van der Waals surface area (Å²) >= 11 is 0. The molecular weight excluding hydrogens is 424 g/mol. The second-order valence-corrected chi connectivity index (χ2v) is 7.95. The molecular formula is C25H30N2O6. The summed E-state index contributed by atoms with van der Waals surface area (Å²) in [6.45, 7) is 6.64. The van der Waals surface area contributed by atoms with E-state index in [1.54, 1.807) is 45.6 Å². The Bertz CT molecular complexity index is 1090. The summed E-state index contributed by atoms with van der Waals surface area (Å²) in [6, 6.07) is 12.2. The molecule has 1 atom stereocenters. The third-order valence-electron chi connectivity index (χ3n) is 5.02. The van der Waals surface area contributed by atoms with E-state index in [2.05, 4.69) is 24.3 Å². The lowest BCUT2D eigenvalue weighted by molar-refractivity contribution is 0.0930. The van der Waals surface area contributed by atoms with Crippen molar-refractivity contribution >= 4 is 5.91 Å². The molecule has 3 aromatic rings. The maximum absolute atomic E-state index is 12.8. The van der Waals surface area contributed by atoms with Crippen molar-refractivity contribution in [2.24, 2.45) is 5.92 Å². The molecule has 0 saturated heterocycles. The van der Waals surface area contributed by atoms with Crippen LogP contribution in [0.1, 0.15) is 42.9 Å². The first-order valence-corrected chi connectivity index (χ1v) is 10.7. The zero-order valence-electron chi connectivity index (χ0n) is 19.8. The van der Waals surface area contributed by atoms with E-state index in [9.17, 15) is 4.79 Å².